The van der Waals surface area contributed by atoms with E-state index >= 15 is 0 Å². The number of nitrogens with one attached hydrogen (secondary N) is 2. The molecule has 0 aromatic heterocycles. The minimum atomic E-state index is -3.54. The van der Waals surface area contributed by atoms with Gasteiger partial charge in [-0.25, -0.2) is 8.42 Å². The molecule has 0 aliphatic carbocycles. The average Bonchev–Trinajstić information content (AvgIpc) is 2.72. The first-order valence-corrected chi connectivity index (χ1v) is 12.2. The number of anilines is 1. The third-order valence-electron chi connectivity index (χ3n) is 4.15. The Morgan fingerprint density at radius 2 is 1.87 bits per heavy atom. The Morgan fingerprint density at radius 3 is 2.53 bits per heavy atom. The maximum atomic E-state index is 12.6. The molecule has 0 spiro atoms. The zero-order valence-electron chi connectivity index (χ0n) is 15.5. The van der Waals surface area contributed by atoms with Gasteiger partial charge in [0.05, 0.1) is 28.8 Å². The Morgan fingerprint density at radius 1 is 1.20 bits per heavy atom. The molecule has 0 amide bonds. The number of halogens is 2. The lowest BCUT2D eigenvalue weighted by Crippen LogP contribution is -2.40. The van der Waals surface area contributed by atoms with Crippen LogP contribution in [0, 0.1) is 0 Å². The van der Waals surface area contributed by atoms with Crippen molar-refractivity contribution in [3.05, 3.63) is 50.9 Å². The standard InChI is InChI=1S/C18H18Br2N4O4S2/c19-13-9-12(17(25)16(20)10-13)11-21-23-18(29)22-14-1-3-15(4-2-14)30(26,27)24-5-7-28-8-6-24/h1-4,9-11,25H,5-8H2,(H2,22,23,29). The van der Waals surface area contributed by atoms with E-state index in [-0.39, 0.29) is 15.8 Å². The van der Waals surface area contributed by atoms with Crippen molar-refractivity contribution in [3.63, 3.8) is 0 Å². The lowest BCUT2D eigenvalue weighted by molar-refractivity contribution is 0.0730. The minimum Gasteiger partial charge on any atom is -0.506 e. The van der Waals surface area contributed by atoms with Gasteiger partial charge < -0.3 is 15.2 Å². The monoisotopic (exact) mass is 576 g/mol. The summed E-state index contributed by atoms with van der Waals surface area (Å²) in [6.07, 6.45) is 1.43. The Bertz CT molecular complexity index is 1060. The van der Waals surface area contributed by atoms with Crippen LogP contribution < -0.4 is 10.7 Å². The van der Waals surface area contributed by atoms with Crippen molar-refractivity contribution in [1.29, 1.82) is 0 Å². The highest BCUT2D eigenvalue weighted by Crippen LogP contribution is 2.30. The Labute approximate surface area is 196 Å². The molecule has 2 aromatic carbocycles. The van der Waals surface area contributed by atoms with Crippen molar-refractivity contribution in [2.75, 3.05) is 31.6 Å². The molecule has 12 heteroatoms. The summed E-state index contributed by atoms with van der Waals surface area (Å²) in [5.41, 5.74) is 3.75. The molecular weight excluding hydrogens is 560 g/mol. The van der Waals surface area contributed by atoms with Crippen LogP contribution in [0.4, 0.5) is 5.69 Å². The van der Waals surface area contributed by atoms with Gasteiger partial charge in [-0.05, 0) is 64.5 Å². The number of phenolic OH excluding ortho intramolecular Hbond substituents is 1. The molecule has 3 rings (SSSR count). The van der Waals surface area contributed by atoms with E-state index in [1.54, 1.807) is 24.3 Å². The summed E-state index contributed by atoms with van der Waals surface area (Å²) in [7, 11) is -3.54. The van der Waals surface area contributed by atoms with E-state index < -0.39 is 10.0 Å². The third kappa shape index (κ3) is 5.77. The summed E-state index contributed by atoms with van der Waals surface area (Å²) < 4.78 is 33.2. The van der Waals surface area contributed by atoms with Crippen LogP contribution in [0.2, 0.25) is 0 Å². The average molecular weight is 578 g/mol. The lowest BCUT2D eigenvalue weighted by atomic mass is 10.2. The van der Waals surface area contributed by atoms with E-state index in [9.17, 15) is 13.5 Å². The first-order chi connectivity index (χ1) is 14.3. The van der Waals surface area contributed by atoms with Crippen molar-refractivity contribution < 1.29 is 18.3 Å². The summed E-state index contributed by atoms with van der Waals surface area (Å²) in [4.78, 5) is 0.211. The van der Waals surface area contributed by atoms with Gasteiger partial charge in [0.2, 0.25) is 10.0 Å². The van der Waals surface area contributed by atoms with Crippen LogP contribution in [-0.2, 0) is 14.8 Å². The van der Waals surface area contributed by atoms with Gasteiger partial charge in [-0.3, -0.25) is 5.43 Å². The first-order valence-electron chi connectivity index (χ1n) is 8.73. The summed E-state index contributed by atoms with van der Waals surface area (Å²) in [6, 6.07) is 9.72. The summed E-state index contributed by atoms with van der Waals surface area (Å²) in [5.74, 6) is 0.0553. The predicted octanol–water partition coefficient (Wildman–Crippen LogP) is 3.26. The number of morpholine rings is 1. The number of thiocarbonyl (C=S) groups is 1. The first kappa shape index (κ1) is 23.1. The van der Waals surface area contributed by atoms with Crippen molar-refractivity contribution in [2.45, 2.75) is 4.90 Å². The quantitative estimate of drug-likeness (QED) is 0.285. The SMILES string of the molecule is O=S(=O)(c1ccc(NC(=S)NN=Cc2cc(Br)cc(Br)c2O)cc1)N1CCOCC1. The van der Waals surface area contributed by atoms with Gasteiger partial charge in [-0.15, -0.1) is 0 Å². The molecule has 2 aromatic rings. The fourth-order valence-electron chi connectivity index (χ4n) is 2.65. The summed E-state index contributed by atoms with van der Waals surface area (Å²) >= 11 is 11.8. The lowest BCUT2D eigenvalue weighted by Gasteiger charge is -2.26. The molecule has 1 aliphatic heterocycles. The van der Waals surface area contributed by atoms with Crippen molar-refractivity contribution in [2.24, 2.45) is 5.10 Å². The van der Waals surface area contributed by atoms with Gasteiger partial charge in [0.25, 0.3) is 0 Å². The van der Waals surface area contributed by atoms with Crippen LogP contribution in [0.15, 0.2) is 55.3 Å². The molecular formula is C18H18Br2N4O4S2. The summed E-state index contributed by atoms with van der Waals surface area (Å²) in [6.45, 7) is 1.49. The Kier molecular flexibility index (Phi) is 7.82. The van der Waals surface area contributed by atoms with Gasteiger partial charge in [0.1, 0.15) is 5.75 Å². The topological polar surface area (TPSA) is 103 Å². The molecule has 160 valence electrons. The maximum Gasteiger partial charge on any atom is 0.243 e. The van der Waals surface area contributed by atoms with Crippen LogP contribution in [-0.4, -0.2) is 55.5 Å². The van der Waals surface area contributed by atoms with Crippen LogP contribution in [0.1, 0.15) is 5.56 Å². The molecule has 1 fully saturated rings. The fraction of sp³-hybridized carbons (Fsp3) is 0.222. The highest BCUT2D eigenvalue weighted by molar-refractivity contribution is 9.11. The molecule has 0 radical (unpaired) electrons. The largest absolute Gasteiger partial charge is 0.506 e. The number of hydrogen-bond acceptors (Lipinski definition) is 6. The molecule has 8 nitrogen and oxygen atoms in total. The number of hydrazone groups is 1. The number of aromatic hydroxyl groups is 1. The summed E-state index contributed by atoms with van der Waals surface area (Å²) in [5, 5.41) is 17.2. The van der Waals surface area contributed by atoms with Gasteiger partial charge in [0.15, 0.2) is 5.11 Å². The van der Waals surface area contributed by atoms with Crippen molar-refractivity contribution in [1.82, 2.24) is 9.73 Å². The molecule has 0 atom stereocenters. The number of sulfonamides is 1. The van der Waals surface area contributed by atoms with Gasteiger partial charge in [0, 0.05) is 28.8 Å². The second kappa shape index (κ2) is 10.2. The fourth-order valence-corrected chi connectivity index (χ4v) is 5.49. The van der Waals surface area contributed by atoms with Crippen LogP contribution >= 0.6 is 44.1 Å². The second-order valence-corrected chi connectivity index (χ2v) is 10.3. The van der Waals surface area contributed by atoms with Crippen molar-refractivity contribution >= 4 is 71.1 Å². The molecule has 1 aliphatic rings. The zero-order chi connectivity index (χ0) is 21.7. The van der Waals surface area contributed by atoms with Gasteiger partial charge in [-0.1, -0.05) is 15.9 Å². The third-order valence-corrected chi connectivity index (χ3v) is 7.32. The molecule has 1 heterocycles. The highest BCUT2D eigenvalue weighted by atomic mass is 79.9. The highest BCUT2D eigenvalue weighted by Gasteiger charge is 2.26. The molecule has 3 N–H and O–H groups in total. The number of benzene rings is 2. The second-order valence-electron chi connectivity index (χ2n) is 6.19. The number of rotatable bonds is 5. The number of ether oxygens (including phenoxy) is 1. The number of phenols is 1. The zero-order valence-corrected chi connectivity index (χ0v) is 20.3. The van der Waals surface area contributed by atoms with E-state index in [1.807, 2.05) is 0 Å². The van der Waals surface area contributed by atoms with E-state index in [4.69, 9.17) is 17.0 Å². The van der Waals surface area contributed by atoms with Crippen molar-refractivity contribution in [3.8, 4) is 5.75 Å². The Hall–Kier alpha value is -1.57. The molecule has 30 heavy (non-hydrogen) atoms. The molecule has 1 saturated heterocycles. The van der Waals surface area contributed by atoms with E-state index in [1.165, 1.54) is 22.7 Å². The maximum absolute atomic E-state index is 12.6. The van der Waals surface area contributed by atoms with E-state index in [2.05, 4.69) is 47.7 Å². The number of nitrogens with zero attached hydrogens (tertiary/aromatic N) is 2. The van der Waals surface area contributed by atoms with Crippen LogP contribution in [0.3, 0.4) is 0 Å². The van der Waals surface area contributed by atoms with Crippen LogP contribution in [0.5, 0.6) is 5.75 Å². The van der Waals surface area contributed by atoms with E-state index in [0.29, 0.717) is 42.0 Å². The molecule has 0 bridgehead atoms. The van der Waals surface area contributed by atoms with Gasteiger partial charge >= 0.3 is 0 Å². The van der Waals surface area contributed by atoms with Gasteiger partial charge in [-0.2, -0.15) is 9.41 Å². The van der Waals surface area contributed by atoms with Crippen LogP contribution in [0.25, 0.3) is 0 Å². The molecule has 0 unspecified atom stereocenters. The van der Waals surface area contributed by atoms with E-state index in [0.717, 1.165) is 4.47 Å². The molecule has 0 saturated carbocycles. The minimum absolute atomic E-state index is 0.0553. The normalized spacial score (nSPS) is 15.3. The number of hydrogen-bond donors (Lipinski definition) is 3. The predicted molar refractivity (Wildman–Crippen MR) is 126 cm³/mol. The smallest absolute Gasteiger partial charge is 0.243 e. The Balaban J connectivity index is 1.59.